The molecule has 14 heavy (non-hydrogen) atoms. The van der Waals surface area contributed by atoms with Crippen LogP contribution in [-0.2, 0) is 0 Å². The smallest absolute Gasteiger partial charge is 0.187 e. The molecule has 1 aromatic rings. The summed E-state index contributed by atoms with van der Waals surface area (Å²) in [5.74, 6) is 0. The van der Waals surface area contributed by atoms with Crippen molar-refractivity contribution in [3.63, 3.8) is 0 Å². The second-order valence-electron chi connectivity index (χ2n) is 3.60. The molecule has 2 unspecified atom stereocenters. The molecular weight excluding hydrogens is 220 g/mol. The number of aliphatic hydroxyl groups excluding tert-OH is 1. The number of rotatable bonds is 1. The van der Waals surface area contributed by atoms with E-state index >= 15 is 0 Å². The molecule has 0 radical (unpaired) electrons. The fraction of sp³-hybridized carbons (Fsp3) is 0.667. The van der Waals surface area contributed by atoms with Gasteiger partial charge in [-0.1, -0.05) is 11.6 Å². The molecule has 3 nitrogen and oxygen atoms in total. The molecular formula is C9H13ClN2OS. The highest BCUT2D eigenvalue weighted by Gasteiger charge is 2.27. The lowest BCUT2D eigenvalue weighted by atomic mass is 10.0. The molecule has 5 heteroatoms. The number of aliphatic hydroxyl groups is 1. The Labute approximate surface area is 92.3 Å². The molecule has 0 bridgehead atoms. The Balaban J connectivity index is 2.17. The van der Waals surface area contributed by atoms with Crippen molar-refractivity contribution < 1.29 is 5.11 Å². The molecule has 1 N–H and O–H groups in total. The summed E-state index contributed by atoms with van der Waals surface area (Å²) in [5, 5.41) is 13.0. The van der Waals surface area contributed by atoms with E-state index in [0.29, 0.717) is 5.15 Å². The van der Waals surface area contributed by atoms with Crippen LogP contribution in [0, 0.1) is 0 Å². The minimum absolute atomic E-state index is 0.144. The summed E-state index contributed by atoms with van der Waals surface area (Å²) in [4.78, 5) is 6.35. The maximum Gasteiger partial charge on any atom is 0.187 e. The SMILES string of the molecule is CC1C(O)CCCN1c1nc(Cl)cs1. The zero-order valence-corrected chi connectivity index (χ0v) is 9.55. The van der Waals surface area contributed by atoms with E-state index < -0.39 is 0 Å². The van der Waals surface area contributed by atoms with Crippen molar-refractivity contribution in [1.29, 1.82) is 0 Å². The first-order valence-electron chi connectivity index (χ1n) is 4.74. The van der Waals surface area contributed by atoms with Crippen molar-refractivity contribution in [2.24, 2.45) is 0 Å². The predicted molar refractivity (Wildman–Crippen MR) is 59.2 cm³/mol. The number of anilines is 1. The average molecular weight is 233 g/mol. The van der Waals surface area contributed by atoms with Gasteiger partial charge in [0, 0.05) is 11.9 Å². The third-order valence-electron chi connectivity index (χ3n) is 2.66. The summed E-state index contributed by atoms with van der Waals surface area (Å²) in [7, 11) is 0. The molecule has 0 aromatic carbocycles. The van der Waals surface area contributed by atoms with Crippen LogP contribution < -0.4 is 4.90 Å². The zero-order chi connectivity index (χ0) is 10.1. The second kappa shape index (κ2) is 4.04. The molecule has 2 rings (SSSR count). The van der Waals surface area contributed by atoms with E-state index in [1.54, 1.807) is 0 Å². The fourth-order valence-corrected chi connectivity index (χ4v) is 2.83. The molecule has 78 valence electrons. The Bertz CT molecular complexity index is 318. The average Bonchev–Trinajstić information content (AvgIpc) is 2.57. The van der Waals surface area contributed by atoms with Gasteiger partial charge in [-0.15, -0.1) is 11.3 Å². The summed E-state index contributed by atoms with van der Waals surface area (Å²) in [6.45, 7) is 2.99. The largest absolute Gasteiger partial charge is 0.391 e. The van der Waals surface area contributed by atoms with Gasteiger partial charge in [0.2, 0.25) is 0 Å². The summed E-state index contributed by atoms with van der Waals surface area (Å²) < 4.78 is 0. The van der Waals surface area contributed by atoms with Gasteiger partial charge in [0.15, 0.2) is 5.13 Å². The molecule has 0 aliphatic carbocycles. The minimum Gasteiger partial charge on any atom is -0.391 e. The van der Waals surface area contributed by atoms with E-state index in [0.717, 1.165) is 24.5 Å². The Hall–Kier alpha value is -0.320. The van der Waals surface area contributed by atoms with Crippen LogP contribution in [0.4, 0.5) is 5.13 Å². The first-order valence-corrected chi connectivity index (χ1v) is 6.00. The third-order valence-corrected chi connectivity index (χ3v) is 3.86. The van der Waals surface area contributed by atoms with Crippen LogP contribution in [0.25, 0.3) is 0 Å². The highest BCUT2D eigenvalue weighted by atomic mass is 35.5. The van der Waals surface area contributed by atoms with E-state index in [2.05, 4.69) is 9.88 Å². The molecule has 0 saturated carbocycles. The van der Waals surface area contributed by atoms with Crippen molar-refractivity contribution in [2.45, 2.75) is 31.9 Å². The molecule has 1 aliphatic heterocycles. The van der Waals surface area contributed by atoms with Gasteiger partial charge in [-0.25, -0.2) is 4.98 Å². The number of nitrogens with zero attached hydrogens (tertiary/aromatic N) is 2. The van der Waals surface area contributed by atoms with E-state index in [-0.39, 0.29) is 12.1 Å². The quantitative estimate of drug-likeness (QED) is 0.806. The first-order chi connectivity index (χ1) is 6.68. The highest BCUT2D eigenvalue weighted by Crippen LogP contribution is 2.29. The van der Waals surface area contributed by atoms with Crippen LogP contribution in [0.2, 0.25) is 5.15 Å². The number of aromatic nitrogens is 1. The minimum atomic E-state index is -0.244. The van der Waals surface area contributed by atoms with E-state index in [1.807, 2.05) is 12.3 Å². The second-order valence-corrected chi connectivity index (χ2v) is 4.82. The van der Waals surface area contributed by atoms with Gasteiger partial charge in [0.1, 0.15) is 5.15 Å². The lowest BCUT2D eigenvalue weighted by molar-refractivity contribution is 0.119. The van der Waals surface area contributed by atoms with Crippen molar-refractivity contribution in [3.8, 4) is 0 Å². The highest BCUT2D eigenvalue weighted by molar-refractivity contribution is 7.14. The molecule has 1 aliphatic rings. The van der Waals surface area contributed by atoms with Gasteiger partial charge in [0.05, 0.1) is 12.1 Å². The summed E-state index contributed by atoms with van der Waals surface area (Å²) >= 11 is 7.31. The van der Waals surface area contributed by atoms with Gasteiger partial charge in [0.25, 0.3) is 0 Å². The summed E-state index contributed by atoms with van der Waals surface area (Å²) in [6, 6.07) is 0.144. The van der Waals surface area contributed by atoms with Crippen molar-refractivity contribution in [3.05, 3.63) is 10.5 Å². The third kappa shape index (κ3) is 1.87. The number of hydrogen-bond acceptors (Lipinski definition) is 4. The van der Waals surface area contributed by atoms with Crippen LogP contribution in [0.5, 0.6) is 0 Å². The Kier molecular flexibility index (Phi) is 2.95. The monoisotopic (exact) mass is 232 g/mol. The Morgan fingerprint density at radius 1 is 1.71 bits per heavy atom. The maximum absolute atomic E-state index is 9.72. The lowest BCUT2D eigenvalue weighted by Gasteiger charge is -2.36. The Morgan fingerprint density at radius 3 is 3.14 bits per heavy atom. The standard InChI is InChI=1S/C9H13ClN2OS/c1-6-7(13)3-2-4-12(6)9-11-8(10)5-14-9/h5-7,13H,2-4H2,1H3. The number of thiazole rings is 1. The lowest BCUT2D eigenvalue weighted by Crippen LogP contribution is -2.46. The molecule has 0 amide bonds. The number of halogens is 1. The Morgan fingerprint density at radius 2 is 2.50 bits per heavy atom. The van der Waals surface area contributed by atoms with E-state index in [1.165, 1.54) is 11.3 Å². The van der Waals surface area contributed by atoms with Crippen LogP contribution in [0.15, 0.2) is 5.38 Å². The molecule has 1 aromatic heterocycles. The van der Waals surface area contributed by atoms with Crippen LogP contribution in [0.3, 0.4) is 0 Å². The molecule has 1 saturated heterocycles. The van der Waals surface area contributed by atoms with E-state index in [4.69, 9.17) is 11.6 Å². The molecule has 0 spiro atoms. The van der Waals surface area contributed by atoms with Gasteiger partial charge < -0.3 is 10.0 Å². The van der Waals surface area contributed by atoms with E-state index in [9.17, 15) is 5.11 Å². The first kappa shape index (κ1) is 10.2. The fourth-order valence-electron chi connectivity index (χ4n) is 1.77. The summed E-state index contributed by atoms with van der Waals surface area (Å²) in [5.41, 5.74) is 0. The summed E-state index contributed by atoms with van der Waals surface area (Å²) in [6.07, 6.45) is 1.66. The molecule has 2 atom stereocenters. The van der Waals surface area contributed by atoms with Crippen molar-refractivity contribution in [1.82, 2.24) is 4.98 Å². The van der Waals surface area contributed by atoms with Gasteiger partial charge in [-0.05, 0) is 19.8 Å². The topological polar surface area (TPSA) is 36.4 Å². The zero-order valence-electron chi connectivity index (χ0n) is 7.98. The van der Waals surface area contributed by atoms with Gasteiger partial charge in [-0.2, -0.15) is 0 Å². The van der Waals surface area contributed by atoms with Crippen molar-refractivity contribution in [2.75, 3.05) is 11.4 Å². The number of piperidine rings is 1. The van der Waals surface area contributed by atoms with Crippen LogP contribution >= 0.6 is 22.9 Å². The molecule has 2 heterocycles. The predicted octanol–water partition coefficient (Wildman–Crippen LogP) is 2.15. The van der Waals surface area contributed by atoms with Crippen molar-refractivity contribution >= 4 is 28.1 Å². The normalized spacial score (nSPS) is 28.1. The number of hydrogen-bond donors (Lipinski definition) is 1. The van der Waals surface area contributed by atoms with Crippen LogP contribution in [0.1, 0.15) is 19.8 Å². The van der Waals surface area contributed by atoms with Gasteiger partial charge in [-0.3, -0.25) is 0 Å². The van der Waals surface area contributed by atoms with Gasteiger partial charge >= 0.3 is 0 Å². The maximum atomic E-state index is 9.72. The van der Waals surface area contributed by atoms with Crippen LogP contribution in [-0.4, -0.2) is 28.8 Å². The molecule has 1 fully saturated rings.